The van der Waals surface area contributed by atoms with Crippen molar-refractivity contribution in [1.82, 2.24) is 4.98 Å². The fourth-order valence-corrected chi connectivity index (χ4v) is 1.02. The van der Waals surface area contributed by atoms with Gasteiger partial charge in [-0.1, -0.05) is 0 Å². The highest BCUT2D eigenvalue weighted by Crippen LogP contribution is 2.06. The average molecular weight is 198 g/mol. The van der Waals surface area contributed by atoms with Crippen molar-refractivity contribution in [2.75, 3.05) is 0 Å². The maximum absolute atomic E-state index is 12.8. The maximum Gasteiger partial charge on any atom is 0.320 e. The molecule has 0 aliphatic carbocycles. The largest absolute Gasteiger partial charge is 0.480 e. The van der Waals surface area contributed by atoms with Crippen molar-refractivity contribution in [1.29, 1.82) is 0 Å². The van der Waals surface area contributed by atoms with Crippen LogP contribution in [0.5, 0.6) is 0 Å². The van der Waals surface area contributed by atoms with Gasteiger partial charge in [-0.25, -0.2) is 4.39 Å². The summed E-state index contributed by atoms with van der Waals surface area (Å²) in [6, 6.07) is 1.70. The molecule has 14 heavy (non-hydrogen) atoms. The minimum Gasteiger partial charge on any atom is -0.480 e. The fourth-order valence-electron chi connectivity index (χ4n) is 1.02. The molecule has 0 spiro atoms. The molecule has 0 saturated heterocycles. The number of hydrogen-bond acceptors (Lipinski definition) is 3. The number of aromatic nitrogens is 1. The van der Waals surface area contributed by atoms with Gasteiger partial charge in [0.1, 0.15) is 11.9 Å². The Kier molecular flexibility index (Phi) is 3.14. The van der Waals surface area contributed by atoms with Gasteiger partial charge in [0.15, 0.2) is 0 Å². The molecule has 0 aliphatic rings. The van der Waals surface area contributed by atoms with Crippen LogP contribution in [0.4, 0.5) is 4.39 Å². The van der Waals surface area contributed by atoms with E-state index < -0.39 is 17.8 Å². The van der Waals surface area contributed by atoms with Gasteiger partial charge in [0.2, 0.25) is 0 Å². The number of pyridine rings is 1. The second-order valence-electron chi connectivity index (χ2n) is 3.02. The molecule has 0 radical (unpaired) electrons. The second kappa shape index (κ2) is 4.15. The third kappa shape index (κ3) is 2.50. The zero-order chi connectivity index (χ0) is 10.7. The summed E-state index contributed by atoms with van der Waals surface area (Å²) in [6.45, 7) is 1.52. The van der Waals surface area contributed by atoms with Gasteiger partial charge in [-0.2, -0.15) is 0 Å². The van der Waals surface area contributed by atoms with Crippen molar-refractivity contribution >= 4 is 5.97 Å². The average Bonchev–Trinajstić information content (AvgIpc) is 2.11. The van der Waals surface area contributed by atoms with Gasteiger partial charge in [-0.3, -0.25) is 9.78 Å². The highest BCUT2D eigenvalue weighted by atomic mass is 19.1. The Bertz CT molecular complexity index is 355. The Morgan fingerprint density at radius 2 is 2.36 bits per heavy atom. The number of halogens is 1. The summed E-state index contributed by atoms with van der Waals surface area (Å²) in [5.74, 6) is -1.49. The van der Waals surface area contributed by atoms with E-state index in [0.717, 1.165) is 0 Å². The van der Waals surface area contributed by atoms with Crippen molar-refractivity contribution < 1.29 is 14.3 Å². The summed E-state index contributed by atoms with van der Waals surface area (Å²) in [5.41, 5.74) is 6.04. The Morgan fingerprint density at radius 1 is 1.71 bits per heavy atom. The molecule has 1 rings (SSSR count). The molecule has 5 heteroatoms. The van der Waals surface area contributed by atoms with E-state index in [-0.39, 0.29) is 12.1 Å². The summed E-state index contributed by atoms with van der Waals surface area (Å²) in [6.07, 6.45) is 0.108. The summed E-state index contributed by atoms with van der Waals surface area (Å²) >= 11 is 0. The number of carboxylic acid groups (broad SMARTS) is 1. The van der Waals surface area contributed by atoms with Gasteiger partial charge in [-0.15, -0.1) is 0 Å². The van der Waals surface area contributed by atoms with E-state index in [1.165, 1.54) is 19.1 Å². The first-order chi connectivity index (χ1) is 6.50. The normalized spacial score (nSPS) is 12.5. The Labute approximate surface area is 80.6 Å². The van der Waals surface area contributed by atoms with E-state index in [4.69, 9.17) is 10.8 Å². The summed E-state index contributed by atoms with van der Waals surface area (Å²) in [5, 5.41) is 8.54. The van der Waals surface area contributed by atoms with Gasteiger partial charge in [0.25, 0.3) is 0 Å². The molecule has 0 amide bonds. The van der Waals surface area contributed by atoms with Crippen LogP contribution in [0, 0.1) is 12.7 Å². The topological polar surface area (TPSA) is 76.2 Å². The van der Waals surface area contributed by atoms with Crippen LogP contribution < -0.4 is 5.73 Å². The number of nitrogens with two attached hydrogens (primary N) is 1. The van der Waals surface area contributed by atoms with Crippen LogP contribution in [-0.2, 0) is 11.2 Å². The molecule has 1 aromatic heterocycles. The molecular formula is C9H11FN2O2. The molecule has 3 N–H and O–H groups in total. The van der Waals surface area contributed by atoms with Crippen LogP contribution in [0.1, 0.15) is 11.4 Å². The lowest BCUT2D eigenvalue weighted by molar-refractivity contribution is -0.138. The third-order valence-corrected chi connectivity index (χ3v) is 1.83. The predicted molar refractivity (Wildman–Crippen MR) is 48.2 cm³/mol. The molecule has 1 atom stereocenters. The fraction of sp³-hybridized carbons (Fsp3) is 0.333. The van der Waals surface area contributed by atoms with E-state index in [9.17, 15) is 9.18 Å². The monoisotopic (exact) mass is 198 g/mol. The van der Waals surface area contributed by atoms with Crippen LogP contribution in [0.3, 0.4) is 0 Å². The smallest absolute Gasteiger partial charge is 0.320 e. The molecule has 1 aromatic rings. The number of carbonyl (C=O) groups is 1. The van der Waals surface area contributed by atoms with Gasteiger partial charge in [-0.05, 0) is 19.1 Å². The number of aryl methyl sites for hydroxylation is 1. The molecule has 0 aromatic carbocycles. The minimum absolute atomic E-state index is 0.108. The lowest BCUT2D eigenvalue weighted by atomic mass is 10.1. The van der Waals surface area contributed by atoms with Gasteiger partial charge in [0, 0.05) is 12.1 Å². The van der Waals surface area contributed by atoms with Crippen LogP contribution in [0.2, 0.25) is 0 Å². The highest BCUT2D eigenvalue weighted by molar-refractivity contribution is 5.73. The number of aliphatic carboxylic acids is 1. The standard InChI is InChI=1S/C9H11FN2O2/c1-5-7(10)3-2-6(12-5)4-8(11)9(13)14/h2-3,8H,4,11H2,1H3,(H,13,14)/t8-/m0/s1. The molecule has 4 nitrogen and oxygen atoms in total. The van der Waals surface area contributed by atoms with E-state index in [0.29, 0.717) is 5.69 Å². The van der Waals surface area contributed by atoms with E-state index >= 15 is 0 Å². The van der Waals surface area contributed by atoms with Crippen LogP contribution in [-0.4, -0.2) is 22.1 Å². The van der Waals surface area contributed by atoms with Crippen molar-refractivity contribution in [3.8, 4) is 0 Å². The quantitative estimate of drug-likeness (QED) is 0.740. The molecule has 0 fully saturated rings. The first-order valence-corrected chi connectivity index (χ1v) is 4.11. The maximum atomic E-state index is 12.8. The lowest BCUT2D eigenvalue weighted by Crippen LogP contribution is -2.32. The molecule has 0 unspecified atom stereocenters. The van der Waals surface area contributed by atoms with Crippen LogP contribution >= 0.6 is 0 Å². The van der Waals surface area contributed by atoms with Crippen molar-refractivity contribution in [3.05, 3.63) is 29.3 Å². The first kappa shape index (κ1) is 10.6. The summed E-state index contributed by atoms with van der Waals surface area (Å²) in [4.78, 5) is 14.3. The molecule has 76 valence electrons. The highest BCUT2D eigenvalue weighted by Gasteiger charge is 2.13. The van der Waals surface area contributed by atoms with E-state index in [1.807, 2.05) is 0 Å². The predicted octanol–water partition coefficient (Wildman–Crippen LogP) is 0.484. The van der Waals surface area contributed by atoms with E-state index in [2.05, 4.69) is 4.98 Å². The van der Waals surface area contributed by atoms with Crippen LogP contribution in [0.25, 0.3) is 0 Å². The Balaban J connectivity index is 2.78. The summed E-state index contributed by atoms with van der Waals surface area (Å²) < 4.78 is 12.8. The number of hydrogen-bond donors (Lipinski definition) is 2. The van der Waals surface area contributed by atoms with Gasteiger partial charge >= 0.3 is 5.97 Å². The number of nitrogens with zero attached hydrogens (tertiary/aromatic N) is 1. The van der Waals surface area contributed by atoms with Crippen molar-refractivity contribution in [2.45, 2.75) is 19.4 Å². The first-order valence-electron chi connectivity index (χ1n) is 4.11. The molecule has 0 aliphatic heterocycles. The summed E-state index contributed by atoms with van der Waals surface area (Å²) in [7, 11) is 0. The molecule has 0 bridgehead atoms. The van der Waals surface area contributed by atoms with Crippen molar-refractivity contribution in [2.24, 2.45) is 5.73 Å². The van der Waals surface area contributed by atoms with E-state index in [1.54, 1.807) is 0 Å². The molecule has 0 saturated carbocycles. The van der Waals surface area contributed by atoms with Crippen molar-refractivity contribution in [3.63, 3.8) is 0 Å². The third-order valence-electron chi connectivity index (χ3n) is 1.83. The Hall–Kier alpha value is -1.49. The molecular weight excluding hydrogens is 187 g/mol. The van der Waals surface area contributed by atoms with Crippen LogP contribution in [0.15, 0.2) is 12.1 Å². The zero-order valence-electron chi connectivity index (χ0n) is 7.70. The lowest BCUT2D eigenvalue weighted by Gasteiger charge is -2.06. The zero-order valence-corrected chi connectivity index (χ0v) is 7.70. The minimum atomic E-state index is -1.09. The second-order valence-corrected chi connectivity index (χ2v) is 3.02. The van der Waals surface area contributed by atoms with Gasteiger partial charge < -0.3 is 10.8 Å². The SMILES string of the molecule is Cc1nc(C[C@H](N)C(=O)O)ccc1F. The van der Waals surface area contributed by atoms with Gasteiger partial charge in [0.05, 0.1) is 5.69 Å². The molecule has 1 heterocycles. The number of rotatable bonds is 3. The Morgan fingerprint density at radius 3 is 2.86 bits per heavy atom. The number of carboxylic acids is 1.